The van der Waals surface area contributed by atoms with Crippen molar-refractivity contribution in [3.05, 3.63) is 16.6 Å². The summed E-state index contributed by atoms with van der Waals surface area (Å²) in [5, 5.41) is 8.85. The van der Waals surface area contributed by atoms with Gasteiger partial charge < -0.3 is 10.0 Å². The van der Waals surface area contributed by atoms with Gasteiger partial charge in [0.25, 0.3) is 0 Å². The first-order chi connectivity index (χ1) is 7.99. The van der Waals surface area contributed by atoms with Crippen molar-refractivity contribution < 1.29 is 14.7 Å². The van der Waals surface area contributed by atoms with E-state index < -0.39 is 11.9 Å². The summed E-state index contributed by atoms with van der Waals surface area (Å²) in [6.45, 7) is 0.0683. The molecule has 6 nitrogen and oxygen atoms in total. The summed E-state index contributed by atoms with van der Waals surface area (Å²) in [4.78, 5) is 31.1. The molecule has 1 aromatic rings. The lowest BCUT2D eigenvalue weighted by molar-refractivity contribution is -0.141. The van der Waals surface area contributed by atoms with Gasteiger partial charge in [-0.15, -0.1) is 0 Å². The second-order valence-electron chi connectivity index (χ2n) is 3.56. The van der Waals surface area contributed by atoms with Gasteiger partial charge in [0.05, 0.1) is 12.1 Å². The lowest BCUT2D eigenvalue weighted by Gasteiger charge is -2.16. The van der Waals surface area contributed by atoms with E-state index in [-0.39, 0.29) is 35.0 Å². The molecule has 1 aliphatic rings. The van der Waals surface area contributed by atoms with Crippen LogP contribution in [0.5, 0.6) is 0 Å². The summed E-state index contributed by atoms with van der Waals surface area (Å²) in [6, 6.07) is 0. The molecule has 0 saturated carbocycles. The second kappa shape index (κ2) is 4.46. The highest BCUT2D eigenvalue weighted by Gasteiger charge is 2.36. The molecule has 2 heterocycles. The monoisotopic (exact) mass is 275 g/mol. The van der Waals surface area contributed by atoms with Gasteiger partial charge in [-0.3, -0.25) is 9.59 Å². The minimum atomic E-state index is -1.01. The molecule has 8 heteroatoms. The van der Waals surface area contributed by atoms with Crippen LogP contribution >= 0.6 is 23.2 Å². The molecule has 1 saturated heterocycles. The molecular formula is C9H7Cl2N3O3. The summed E-state index contributed by atoms with van der Waals surface area (Å²) >= 11 is 11.4. The number of halogens is 2. The van der Waals surface area contributed by atoms with Crippen LogP contribution in [0.4, 0.5) is 5.69 Å². The van der Waals surface area contributed by atoms with Crippen molar-refractivity contribution >= 4 is 40.8 Å². The average molecular weight is 276 g/mol. The molecule has 0 aromatic carbocycles. The van der Waals surface area contributed by atoms with Crippen LogP contribution in [0.3, 0.4) is 0 Å². The van der Waals surface area contributed by atoms with E-state index in [0.29, 0.717) is 0 Å². The molecule has 1 aromatic heterocycles. The second-order valence-corrected chi connectivity index (χ2v) is 4.25. The predicted molar refractivity (Wildman–Crippen MR) is 60.1 cm³/mol. The Labute approximate surface area is 106 Å². The highest BCUT2D eigenvalue weighted by molar-refractivity contribution is 6.34. The number of amides is 1. The summed E-state index contributed by atoms with van der Waals surface area (Å²) in [5.74, 6) is -2.05. The molecule has 1 aliphatic heterocycles. The van der Waals surface area contributed by atoms with Gasteiger partial charge in [0.15, 0.2) is 5.15 Å². The number of carboxylic acids is 1. The predicted octanol–water partition coefficient (Wildman–Crippen LogP) is 1.22. The Balaban J connectivity index is 2.29. The molecular weight excluding hydrogens is 269 g/mol. The van der Waals surface area contributed by atoms with Crippen molar-refractivity contribution in [1.82, 2.24) is 9.97 Å². The molecule has 2 rings (SSSR count). The minimum absolute atomic E-state index is 0.0276. The van der Waals surface area contributed by atoms with E-state index in [0.717, 1.165) is 0 Å². The van der Waals surface area contributed by atoms with Crippen LogP contribution < -0.4 is 4.90 Å². The largest absolute Gasteiger partial charge is 0.481 e. The van der Waals surface area contributed by atoms with Crippen molar-refractivity contribution in [3.8, 4) is 0 Å². The fourth-order valence-corrected chi connectivity index (χ4v) is 2.03. The molecule has 1 unspecified atom stereocenters. The number of hydrogen-bond donors (Lipinski definition) is 1. The molecule has 1 N–H and O–H groups in total. The Hall–Kier alpha value is -1.40. The number of anilines is 1. The van der Waals surface area contributed by atoms with E-state index in [9.17, 15) is 9.59 Å². The number of carbonyl (C=O) groups is 2. The van der Waals surface area contributed by atoms with Crippen LogP contribution in [-0.4, -0.2) is 33.5 Å². The molecule has 0 spiro atoms. The van der Waals surface area contributed by atoms with E-state index >= 15 is 0 Å². The average Bonchev–Trinajstić information content (AvgIpc) is 2.61. The number of hydrogen-bond acceptors (Lipinski definition) is 4. The lowest BCUT2D eigenvalue weighted by atomic mass is 10.1. The summed E-state index contributed by atoms with van der Waals surface area (Å²) in [6.07, 6.45) is 1.26. The van der Waals surface area contributed by atoms with Gasteiger partial charge in [-0.1, -0.05) is 11.6 Å². The SMILES string of the molecule is O=C(O)C1CC(=O)N(c2cnc(Cl)nc2Cl)C1. The molecule has 0 bridgehead atoms. The topological polar surface area (TPSA) is 83.4 Å². The minimum Gasteiger partial charge on any atom is -0.481 e. The molecule has 0 radical (unpaired) electrons. The van der Waals surface area contributed by atoms with Crippen LogP contribution in [0, 0.1) is 5.92 Å². The van der Waals surface area contributed by atoms with Crippen molar-refractivity contribution in [2.75, 3.05) is 11.4 Å². The number of rotatable bonds is 2. The van der Waals surface area contributed by atoms with Crippen LogP contribution in [0.2, 0.25) is 10.4 Å². The third kappa shape index (κ3) is 2.32. The summed E-state index contributed by atoms with van der Waals surface area (Å²) < 4.78 is 0. The van der Waals surface area contributed by atoms with Crippen LogP contribution in [-0.2, 0) is 9.59 Å². The van der Waals surface area contributed by atoms with Crippen molar-refractivity contribution in [2.45, 2.75) is 6.42 Å². The fourth-order valence-electron chi connectivity index (χ4n) is 1.62. The number of aromatic nitrogens is 2. The van der Waals surface area contributed by atoms with Crippen molar-refractivity contribution in [3.63, 3.8) is 0 Å². The number of nitrogens with zero attached hydrogens (tertiary/aromatic N) is 3. The van der Waals surface area contributed by atoms with Gasteiger partial charge in [0, 0.05) is 13.0 Å². The smallest absolute Gasteiger partial charge is 0.308 e. The Kier molecular flexibility index (Phi) is 3.17. The van der Waals surface area contributed by atoms with E-state index in [1.54, 1.807) is 0 Å². The van der Waals surface area contributed by atoms with Gasteiger partial charge >= 0.3 is 5.97 Å². The van der Waals surface area contributed by atoms with Crippen LogP contribution in [0.1, 0.15) is 6.42 Å². The maximum atomic E-state index is 11.6. The maximum absolute atomic E-state index is 11.6. The highest BCUT2D eigenvalue weighted by Crippen LogP contribution is 2.30. The Bertz CT molecular complexity index is 494. The normalized spacial score (nSPS) is 19.8. The Morgan fingerprint density at radius 2 is 2.24 bits per heavy atom. The Morgan fingerprint density at radius 3 is 2.76 bits per heavy atom. The van der Waals surface area contributed by atoms with Gasteiger partial charge in [-0.25, -0.2) is 9.97 Å². The molecule has 17 heavy (non-hydrogen) atoms. The van der Waals surface area contributed by atoms with Crippen molar-refractivity contribution in [1.29, 1.82) is 0 Å². The van der Waals surface area contributed by atoms with E-state index in [1.165, 1.54) is 11.1 Å². The first kappa shape index (κ1) is 12.1. The van der Waals surface area contributed by atoms with Gasteiger partial charge in [0.2, 0.25) is 11.2 Å². The van der Waals surface area contributed by atoms with E-state index in [1.807, 2.05) is 0 Å². The fraction of sp³-hybridized carbons (Fsp3) is 0.333. The quantitative estimate of drug-likeness (QED) is 0.648. The molecule has 1 atom stereocenters. The molecule has 1 fully saturated rings. The first-order valence-electron chi connectivity index (χ1n) is 4.70. The van der Waals surface area contributed by atoms with Gasteiger partial charge in [0.1, 0.15) is 5.69 Å². The lowest BCUT2D eigenvalue weighted by Crippen LogP contribution is -2.26. The zero-order valence-electron chi connectivity index (χ0n) is 8.43. The number of carbonyl (C=O) groups excluding carboxylic acids is 1. The standard InChI is InChI=1S/C9H7Cl2N3O3/c10-7-5(2-12-9(11)13-7)14-3-4(8(16)17)1-6(14)15/h2,4H,1,3H2,(H,16,17). The number of carboxylic acid groups (broad SMARTS) is 1. The third-order valence-electron chi connectivity index (χ3n) is 2.46. The molecule has 0 aliphatic carbocycles. The summed E-state index contributed by atoms with van der Waals surface area (Å²) in [7, 11) is 0. The third-order valence-corrected chi connectivity index (χ3v) is 2.92. The number of aliphatic carboxylic acids is 1. The zero-order chi connectivity index (χ0) is 12.6. The zero-order valence-corrected chi connectivity index (χ0v) is 9.94. The van der Waals surface area contributed by atoms with Crippen LogP contribution in [0.15, 0.2) is 6.20 Å². The molecule has 90 valence electrons. The van der Waals surface area contributed by atoms with Gasteiger partial charge in [-0.2, -0.15) is 0 Å². The van der Waals surface area contributed by atoms with E-state index in [2.05, 4.69) is 9.97 Å². The summed E-state index contributed by atoms with van der Waals surface area (Å²) in [5.41, 5.74) is 0.282. The van der Waals surface area contributed by atoms with Crippen molar-refractivity contribution in [2.24, 2.45) is 5.92 Å². The van der Waals surface area contributed by atoms with Gasteiger partial charge in [-0.05, 0) is 11.6 Å². The Morgan fingerprint density at radius 1 is 1.53 bits per heavy atom. The molecule has 1 amide bonds. The maximum Gasteiger partial charge on any atom is 0.308 e. The highest BCUT2D eigenvalue weighted by atomic mass is 35.5. The first-order valence-corrected chi connectivity index (χ1v) is 5.46. The van der Waals surface area contributed by atoms with E-state index in [4.69, 9.17) is 28.3 Å². The van der Waals surface area contributed by atoms with Crippen LogP contribution in [0.25, 0.3) is 0 Å².